The molecule has 1 N–H and O–H groups in total. The molecule has 3 aromatic rings. The zero-order valence-corrected chi connectivity index (χ0v) is 19.6. The number of rotatable bonds is 5. The number of benzene rings is 1. The summed E-state index contributed by atoms with van der Waals surface area (Å²) in [6.07, 6.45) is 4.34. The lowest BCUT2D eigenvalue weighted by atomic mass is 10.0. The third-order valence-corrected chi connectivity index (χ3v) is 6.92. The molecular formula is C22H23N5O3S2. The molecule has 0 aliphatic carbocycles. The van der Waals surface area contributed by atoms with Gasteiger partial charge in [0.1, 0.15) is 11.8 Å². The van der Waals surface area contributed by atoms with E-state index in [0.29, 0.717) is 10.8 Å². The molecule has 0 spiro atoms. The molecule has 4 rings (SSSR count). The monoisotopic (exact) mass is 469 g/mol. The second-order valence-electron chi connectivity index (χ2n) is 7.65. The highest BCUT2D eigenvalue weighted by molar-refractivity contribution is 8.00. The number of anilines is 2. The summed E-state index contributed by atoms with van der Waals surface area (Å²) >= 11 is 1.93. The molecule has 1 atom stereocenters. The first-order chi connectivity index (χ1) is 15.3. The van der Waals surface area contributed by atoms with Gasteiger partial charge >= 0.3 is 0 Å². The van der Waals surface area contributed by atoms with Gasteiger partial charge in [0.2, 0.25) is 15.9 Å². The average molecular weight is 470 g/mol. The summed E-state index contributed by atoms with van der Waals surface area (Å²) in [5.41, 5.74) is 4.04. The normalized spacial score (nSPS) is 16.6. The minimum absolute atomic E-state index is 0.189. The van der Waals surface area contributed by atoms with E-state index < -0.39 is 10.0 Å². The minimum Gasteiger partial charge on any atom is -0.480 e. The molecule has 32 heavy (non-hydrogen) atoms. The number of nitrogens with one attached hydrogen (secondary N) is 1. The first kappa shape index (κ1) is 22.2. The van der Waals surface area contributed by atoms with Crippen molar-refractivity contribution < 1.29 is 13.2 Å². The Morgan fingerprint density at radius 3 is 2.75 bits per heavy atom. The van der Waals surface area contributed by atoms with Gasteiger partial charge in [-0.25, -0.2) is 13.4 Å². The summed E-state index contributed by atoms with van der Waals surface area (Å²) < 4.78 is 31.2. The lowest BCUT2D eigenvalue weighted by Gasteiger charge is -2.33. The fraction of sp³-hybridized carbons (Fsp3) is 0.318. The third kappa shape index (κ3) is 4.59. The van der Waals surface area contributed by atoms with E-state index in [4.69, 9.17) is 4.74 Å². The second-order valence-corrected chi connectivity index (χ2v) is 10.9. The molecule has 1 saturated heterocycles. The zero-order valence-electron chi connectivity index (χ0n) is 18.0. The van der Waals surface area contributed by atoms with Gasteiger partial charge in [-0.2, -0.15) is 17.0 Å². The molecule has 0 amide bonds. The lowest BCUT2D eigenvalue weighted by Crippen LogP contribution is -2.37. The van der Waals surface area contributed by atoms with Crippen LogP contribution in [0.4, 0.5) is 11.4 Å². The molecule has 1 aromatic carbocycles. The zero-order chi connectivity index (χ0) is 22.9. The van der Waals surface area contributed by atoms with Crippen LogP contribution < -0.4 is 14.4 Å². The Kier molecular flexibility index (Phi) is 6.13. The Morgan fingerprint density at radius 1 is 1.25 bits per heavy atom. The number of nitrogens with zero attached hydrogens (tertiary/aromatic N) is 4. The SMILES string of the molecule is COc1ncc(-c2ccc3ncc(C#N)c(N4CCSC(C)C4)c3c2)cc1NS(C)(=O)=O. The van der Waals surface area contributed by atoms with E-state index >= 15 is 0 Å². The average Bonchev–Trinajstić information content (AvgIpc) is 2.76. The van der Waals surface area contributed by atoms with Crippen LogP contribution in [0.3, 0.4) is 0 Å². The Balaban J connectivity index is 1.86. The van der Waals surface area contributed by atoms with Gasteiger partial charge in [-0.3, -0.25) is 9.71 Å². The molecule has 1 aliphatic rings. The third-order valence-electron chi connectivity index (χ3n) is 5.19. The van der Waals surface area contributed by atoms with Crippen LogP contribution in [-0.2, 0) is 10.0 Å². The molecule has 1 aliphatic heterocycles. The van der Waals surface area contributed by atoms with Crippen molar-refractivity contribution in [2.75, 3.05) is 41.8 Å². The van der Waals surface area contributed by atoms with Crippen LogP contribution in [0.25, 0.3) is 22.0 Å². The van der Waals surface area contributed by atoms with Gasteiger partial charge < -0.3 is 9.64 Å². The Morgan fingerprint density at radius 2 is 2.06 bits per heavy atom. The maximum Gasteiger partial charge on any atom is 0.238 e. The van der Waals surface area contributed by atoms with E-state index in [-0.39, 0.29) is 11.6 Å². The van der Waals surface area contributed by atoms with Crippen LogP contribution in [0, 0.1) is 11.3 Å². The van der Waals surface area contributed by atoms with Gasteiger partial charge in [0.05, 0.1) is 30.1 Å². The number of aromatic nitrogens is 2. The Bertz CT molecular complexity index is 1320. The van der Waals surface area contributed by atoms with Crippen molar-refractivity contribution in [3.63, 3.8) is 0 Å². The standard InChI is InChI=1S/C22H23N5O3S2/c1-14-13-27(6-7-31-14)21-17(10-23)12-24-19-5-4-15(8-18(19)21)16-9-20(26-32(3,28)29)22(30-2)25-11-16/h4-5,8-9,11-12,14,26H,6-7,13H2,1-3H3. The number of ether oxygens (including phenoxy) is 1. The van der Waals surface area contributed by atoms with Gasteiger partial charge in [0, 0.05) is 47.4 Å². The van der Waals surface area contributed by atoms with E-state index in [1.807, 2.05) is 30.0 Å². The number of hydrogen-bond acceptors (Lipinski definition) is 8. The molecule has 0 radical (unpaired) electrons. The fourth-order valence-corrected chi connectivity index (χ4v) is 5.41. The Hall–Kier alpha value is -3.03. The lowest BCUT2D eigenvalue weighted by molar-refractivity contribution is 0.400. The van der Waals surface area contributed by atoms with Crippen molar-refractivity contribution >= 4 is 44.1 Å². The smallest absolute Gasteiger partial charge is 0.238 e. The number of fused-ring (bicyclic) bond motifs is 1. The summed E-state index contributed by atoms with van der Waals surface area (Å²) in [7, 11) is -2.07. The van der Waals surface area contributed by atoms with Crippen molar-refractivity contribution in [1.82, 2.24) is 9.97 Å². The second kappa shape index (κ2) is 8.84. The first-order valence-corrected chi connectivity index (χ1v) is 12.9. The molecule has 0 saturated carbocycles. The van der Waals surface area contributed by atoms with Crippen molar-refractivity contribution in [2.24, 2.45) is 0 Å². The molecule has 3 heterocycles. The number of thioether (sulfide) groups is 1. The molecular weight excluding hydrogens is 446 g/mol. The molecule has 8 nitrogen and oxygen atoms in total. The highest BCUT2D eigenvalue weighted by Gasteiger charge is 2.22. The number of nitriles is 1. The summed E-state index contributed by atoms with van der Waals surface area (Å²) in [6.45, 7) is 3.91. The van der Waals surface area contributed by atoms with Crippen LogP contribution >= 0.6 is 11.8 Å². The topological polar surface area (TPSA) is 108 Å². The van der Waals surface area contributed by atoms with Gasteiger partial charge in [-0.1, -0.05) is 13.0 Å². The van der Waals surface area contributed by atoms with Crippen LogP contribution in [0.1, 0.15) is 12.5 Å². The highest BCUT2D eigenvalue weighted by Crippen LogP contribution is 2.36. The predicted octanol–water partition coefficient (Wildman–Crippen LogP) is 3.49. The quantitative estimate of drug-likeness (QED) is 0.605. The molecule has 0 bridgehead atoms. The summed E-state index contributed by atoms with van der Waals surface area (Å²) in [6, 6.07) is 9.78. The molecule has 2 aromatic heterocycles. The fourth-order valence-electron chi connectivity index (χ4n) is 3.85. The van der Waals surface area contributed by atoms with Crippen LogP contribution in [0.2, 0.25) is 0 Å². The number of pyridine rings is 2. The molecule has 1 unspecified atom stereocenters. The first-order valence-electron chi connectivity index (χ1n) is 10.0. The van der Waals surface area contributed by atoms with Crippen LogP contribution in [0.15, 0.2) is 36.7 Å². The Labute approximate surface area is 191 Å². The molecule has 10 heteroatoms. The minimum atomic E-state index is -3.50. The van der Waals surface area contributed by atoms with E-state index in [9.17, 15) is 13.7 Å². The predicted molar refractivity (Wildman–Crippen MR) is 129 cm³/mol. The molecule has 1 fully saturated rings. The van der Waals surface area contributed by atoms with Gasteiger partial charge in [0.15, 0.2) is 0 Å². The van der Waals surface area contributed by atoms with Crippen LogP contribution in [-0.4, -0.2) is 55.8 Å². The van der Waals surface area contributed by atoms with Crippen LogP contribution in [0.5, 0.6) is 5.88 Å². The van der Waals surface area contributed by atoms with E-state index in [0.717, 1.165) is 52.8 Å². The van der Waals surface area contributed by atoms with Gasteiger partial charge in [-0.05, 0) is 23.8 Å². The van der Waals surface area contributed by atoms with E-state index in [1.54, 1.807) is 18.5 Å². The number of methoxy groups -OCH3 is 1. The highest BCUT2D eigenvalue weighted by atomic mass is 32.2. The number of sulfonamides is 1. The largest absolute Gasteiger partial charge is 0.480 e. The van der Waals surface area contributed by atoms with E-state index in [1.165, 1.54) is 7.11 Å². The van der Waals surface area contributed by atoms with Crippen molar-refractivity contribution in [1.29, 1.82) is 5.26 Å². The maximum atomic E-state index is 11.8. The van der Waals surface area contributed by atoms with Crippen molar-refractivity contribution in [3.8, 4) is 23.1 Å². The summed E-state index contributed by atoms with van der Waals surface area (Å²) in [5.74, 6) is 1.19. The van der Waals surface area contributed by atoms with Gasteiger partial charge in [-0.15, -0.1) is 0 Å². The van der Waals surface area contributed by atoms with E-state index in [2.05, 4.69) is 32.6 Å². The number of hydrogen-bond donors (Lipinski definition) is 1. The van der Waals surface area contributed by atoms with Crippen molar-refractivity contribution in [2.45, 2.75) is 12.2 Å². The van der Waals surface area contributed by atoms with Gasteiger partial charge in [0.25, 0.3) is 0 Å². The summed E-state index contributed by atoms with van der Waals surface area (Å²) in [4.78, 5) is 11.0. The maximum absolute atomic E-state index is 11.8. The van der Waals surface area contributed by atoms with Crippen molar-refractivity contribution in [3.05, 3.63) is 42.2 Å². The summed E-state index contributed by atoms with van der Waals surface area (Å²) in [5, 5.41) is 11.1. The molecule has 166 valence electrons.